The molecule has 104 valence electrons. The number of hydrogen-bond acceptors (Lipinski definition) is 2. The van der Waals surface area contributed by atoms with Crippen LogP contribution in [0.4, 0.5) is 4.39 Å². The van der Waals surface area contributed by atoms with E-state index in [9.17, 15) is 9.18 Å². The van der Waals surface area contributed by atoms with Crippen LogP contribution in [0, 0.1) is 12.7 Å². The first-order valence-corrected chi connectivity index (χ1v) is 6.67. The van der Waals surface area contributed by atoms with Gasteiger partial charge in [-0.05, 0) is 42.3 Å². The van der Waals surface area contributed by atoms with E-state index in [-0.39, 0.29) is 12.2 Å². The molecule has 3 nitrogen and oxygen atoms in total. The molecular weight excluding hydrogens is 327 g/mol. The average molecular weight is 339 g/mol. The van der Waals surface area contributed by atoms with Gasteiger partial charge in [0.1, 0.15) is 18.2 Å². The molecule has 0 aromatic heterocycles. The highest BCUT2D eigenvalue weighted by Gasteiger charge is 2.10. The Morgan fingerprint density at radius 3 is 2.70 bits per heavy atom. The number of carboxylic acids is 1. The fourth-order valence-corrected chi connectivity index (χ4v) is 2.05. The van der Waals surface area contributed by atoms with Crippen molar-refractivity contribution in [1.82, 2.24) is 0 Å². The van der Waals surface area contributed by atoms with Gasteiger partial charge in [0.2, 0.25) is 0 Å². The second-order valence-corrected chi connectivity index (χ2v) is 5.23. The van der Waals surface area contributed by atoms with Crippen molar-refractivity contribution >= 4 is 21.9 Å². The molecule has 2 rings (SSSR count). The highest BCUT2D eigenvalue weighted by Crippen LogP contribution is 2.24. The largest absolute Gasteiger partial charge is 0.489 e. The third-order valence-electron chi connectivity index (χ3n) is 2.81. The molecule has 20 heavy (non-hydrogen) atoms. The first-order valence-electron chi connectivity index (χ1n) is 5.88. The lowest BCUT2D eigenvalue weighted by Crippen LogP contribution is -2.03. The van der Waals surface area contributed by atoms with Gasteiger partial charge in [0.15, 0.2) is 0 Å². The van der Waals surface area contributed by atoms with Crippen molar-refractivity contribution in [3.63, 3.8) is 0 Å². The molecule has 0 radical (unpaired) electrons. The fraction of sp³-hybridized carbons (Fsp3) is 0.133. The molecule has 0 spiro atoms. The third-order valence-corrected chi connectivity index (χ3v) is 3.30. The van der Waals surface area contributed by atoms with Crippen LogP contribution in [0.25, 0.3) is 0 Å². The Bertz CT molecular complexity index is 656. The lowest BCUT2D eigenvalue weighted by molar-refractivity contribution is 0.0692. The molecule has 0 atom stereocenters. The van der Waals surface area contributed by atoms with E-state index in [2.05, 4.69) is 15.9 Å². The minimum absolute atomic E-state index is 0.175. The van der Waals surface area contributed by atoms with Crippen LogP contribution in [0.5, 0.6) is 5.75 Å². The van der Waals surface area contributed by atoms with Crippen molar-refractivity contribution in [2.75, 3.05) is 0 Å². The smallest absolute Gasteiger partial charge is 0.338 e. The summed E-state index contributed by atoms with van der Waals surface area (Å²) in [5.41, 5.74) is 1.20. The molecule has 0 aliphatic rings. The first kappa shape index (κ1) is 14.5. The van der Waals surface area contributed by atoms with Gasteiger partial charge < -0.3 is 9.84 Å². The van der Waals surface area contributed by atoms with Crippen molar-refractivity contribution in [1.29, 1.82) is 0 Å². The average Bonchev–Trinajstić information content (AvgIpc) is 2.39. The second kappa shape index (κ2) is 6.05. The highest BCUT2D eigenvalue weighted by atomic mass is 79.9. The van der Waals surface area contributed by atoms with Crippen molar-refractivity contribution in [3.8, 4) is 5.75 Å². The molecule has 5 heteroatoms. The van der Waals surface area contributed by atoms with E-state index >= 15 is 0 Å². The number of carbonyl (C=O) groups is 1. The molecule has 0 heterocycles. The molecule has 0 aliphatic carbocycles. The number of aryl methyl sites for hydroxylation is 1. The van der Waals surface area contributed by atoms with Gasteiger partial charge in [-0.15, -0.1) is 0 Å². The fourth-order valence-electron chi connectivity index (χ4n) is 1.71. The minimum atomic E-state index is -1.28. The molecule has 0 aliphatic heterocycles. The first-order chi connectivity index (χ1) is 9.47. The van der Waals surface area contributed by atoms with Crippen LogP contribution in [0.1, 0.15) is 21.5 Å². The summed E-state index contributed by atoms with van der Waals surface area (Å²) in [5.74, 6) is -1.34. The maximum absolute atomic E-state index is 13.5. The zero-order valence-electron chi connectivity index (χ0n) is 10.7. The third kappa shape index (κ3) is 3.36. The van der Waals surface area contributed by atoms with Crippen LogP contribution in [0.15, 0.2) is 40.9 Å². The zero-order chi connectivity index (χ0) is 14.7. The number of aromatic carboxylic acids is 1. The predicted octanol–water partition coefficient (Wildman–Crippen LogP) is 4.17. The van der Waals surface area contributed by atoms with Crippen LogP contribution in [0.3, 0.4) is 0 Å². The summed E-state index contributed by atoms with van der Waals surface area (Å²) >= 11 is 3.35. The summed E-state index contributed by atoms with van der Waals surface area (Å²) in [6.45, 7) is 2.09. The summed E-state index contributed by atoms with van der Waals surface area (Å²) in [7, 11) is 0. The van der Waals surface area contributed by atoms with E-state index < -0.39 is 11.8 Å². The molecule has 0 saturated heterocycles. The second-order valence-electron chi connectivity index (χ2n) is 4.32. The zero-order valence-corrected chi connectivity index (χ0v) is 12.3. The summed E-state index contributed by atoms with van der Waals surface area (Å²) in [5, 5.41) is 8.75. The SMILES string of the molecule is Cc1ccc(Br)cc1OCc1ccc(C(=O)O)c(F)c1. The molecule has 0 fully saturated rings. The summed E-state index contributed by atoms with van der Waals surface area (Å²) < 4.78 is 20.0. The van der Waals surface area contributed by atoms with E-state index in [1.807, 2.05) is 25.1 Å². The maximum Gasteiger partial charge on any atom is 0.338 e. The monoisotopic (exact) mass is 338 g/mol. The predicted molar refractivity (Wildman–Crippen MR) is 76.6 cm³/mol. The van der Waals surface area contributed by atoms with Crippen molar-refractivity contribution in [2.45, 2.75) is 13.5 Å². The van der Waals surface area contributed by atoms with Crippen LogP contribution < -0.4 is 4.74 Å². The standard InChI is InChI=1S/C15H12BrFO3/c1-9-2-4-11(16)7-14(9)20-8-10-3-5-12(15(18)19)13(17)6-10/h2-7H,8H2,1H3,(H,18,19). The molecular formula is C15H12BrFO3. The van der Waals surface area contributed by atoms with Gasteiger partial charge >= 0.3 is 5.97 Å². The number of halogens is 2. The van der Waals surface area contributed by atoms with E-state index in [1.165, 1.54) is 12.1 Å². The molecule has 0 saturated carbocycles. The van der Waals surface area contributed by atoms with Crippen molar-refractivity contribution in [2.24, 2.45) is 0 Å². The Morgan fingerprint density at radius 1 is 1.30 bits per heavy atom. The van der Waals surface area contributed by atoms with E-state index in [1.54, 1.807) is 6.07 Å². The molecule has 2 aromatic carbocycles. The molecule has 1 N–H and O–H groups in total. The maximum atomic E-state index is 13.5. The highest BCUT2D eigenvalue weighted by molar-refractivity contribution is 9.10. The number of hydrogen-bond donors (Lipinski definition) is 1. The van der Waals surface area contributed by atoms with E-state index in [0.717, 1.165) is 10.0 Å². The Balaban J connectivity index is 2.13. The number of benzene rings is 2. The molecule has 0 unspecified atom stereocenters. The number of rotatable bonds is 4. The Kier molecular flexibility index (Phi) is 4.39. The van der Waals surface area contributed by atoms with Crippen LogP contribution in [-0.4, -0.2) is 11.1 Å². The van der Waals surface area contributed by atoms with Gasteiger partial charge in [0, 0.05) is 4.47 Å². The quantitative estimate of drug-likeness (QED) is 0.909. The lowest BCUT2D eigenvalue weighted by Gasteiger charge is -2.10. The molecule has 0 amide bonds. The van der Waals surface area contributed by atoms with Crippen LogP contribution >= 0.6 is 15.9 Å². The summed E-state index contributed by atoms with van der Waals surface area (Å²) in [6, 6.07) is 9.61. The van der Waals surface area contributed by atoms with Crippen molar-refractivity contribution in [3.05, 3.63) is 63.4 Å². The summed E-state index contributed by atoms with van der Waals surface area (Å²) in [4.78, 5) is 10.7. The van der Waals surface area contributed by atoms with Gasteiger partial charge in [-0.2, -0.15) is 0 Å². The van der Waals surface area contributed by atoms with Crippen molar-refractivity contribution < 1.29 is 19.0 Å². The lowest BCUT2D eigenvalue weighted by atomic mass is 10.1. The van der Waals surface area contributed by atoms with E-state index in [0.29, 0.717) is 11.3 Å². The normalized spacial score (nSPS) is 10.3. The van der Waals surface area contributed by atoms with Gasteiger partial charge in [0.05, 0.1) is 5.56 Å². The van der Waals surface area contributed by atoms with Gasteiger partial charge in [-0.1, -0.05) is 28.1 Å². The van der Waals surface area contributed by atoms with Gasteiger partial charge in [0.25, 0.3) is 0 Å². The Labute approximate surface area is 124 Å². The molecule has 2 aromatic rings. The number of ether oxygens (including phenoxy) is 1. The Morgan fingerprint density at radius 2 is 2.05 bits per heavy atom. The topological polar surface area (TPSA) is 46.5 Å². The summed E-state index contributed by atoms with van der Waals surface area (Å²) in [6.07, 6.45) is 0. The van der Waals surface area contributed by atoms with Crippen LogP contribution in [-0.2, 0) is 6.61 Å². The number of carboxylic acid groups (broad SMARTS) is 1. The minimum Gasteiger partial charge on any atom is -0.489 e. The molecule has 0 bridgehead atoms. The van der Waals surface area contributed by atoms with Gasteiger partial charge in [-0.3, -0.25) is 0 Å². The van der Waals surface area contributed by atoms with E-state index in [4.69, 9.17) is 9.84 Å². The van der Waals surface area contributed by atoms with Gasteiger partial charge in [-0.25, -0.2) is 9.18 Å². The van der Waals surface area contributed by atoms with Crippen LogP contribution in [0.2, 0.25) is 0 Å². The Hall–Kier alpha value is -1.88.